The number of hydrogen-bond donors (Lipinski definition) is 2. The molecule has 3 aromatic heterocycles. The summed E-state index contributed by atoms with van der Waals surface area (Å²) < 4.78 is 3.19. The van der Waals surface area contributed by atoms with Crippen molar-refractivity contribution in [2.45, 2.75) is 53.5 Å². The summed E-state index contributed by atoms with van der Waals surface area (Å²) in [6, 6.07) is 3.88. The number of H-pyrrole nitrogens is 1. The molecule has 0 radical (unpaired) electrons. The second kappa shape index (κ2) is 9.20. The zero-order valence-corrected chi connectivity index (χ0v) is 18.5. The lowest BCUT2D eigenvalue weighted by Gasteiger charge is -2.24. The van der Waals surface area contributed by atoms with Crippen LogP contribution in [0.5, 0.6) is 0 Å². The maximum absolute atomic E-state index is 13.3. The smallest absolute Gasteiger partial charge is 0.330 e. The number of amides is 1. The molecule has 1 amide bonds. The van der Waals surface area contributed by atoms with E-state index in [2.05, 4.69) is 9.97 Å². The van der Waals surface area contributed by atoms with Crippen LogP contribution in [0, 0.1) is 12.8 Å². The van der Waals surface area contributed by atoms with Crippen LogP contribution in [-0.4, -0.2) is 31.4 Å². The van der Waals surface area contributed by atoms with E-state index < -0.39 is 11.2 Å². The molecular formula is C22H30N6O3. The van der Waals surface area contributed by atoms with Crippen molar-refractivity contribution in [3.63, 3.8) is 0 Å². The van der Waals surface area contributed by atoms with Crippen LogP contribution in [0.2, 0.25) is 0 Å². The van der Waals surface area contributed by atoms with E-state index >= 15 is 0 Å². The van der Waals surface area contributed by atoms with Gasteiger partial charge in [0.05, 0.1) is 12.1 Å². The number of fused-ring (bicyclic) bond motifs is 1. The zero-order chi connectivity index (χ0) is 22.7. The Kier molecular flexibility index (Phi) is 6.62. The fourth-order valence-corrected chi connectivity index (χ4v) is 3.60. The van der Waals surface area contributed by atoms with Crippen LogP contribution in [0.1, 0.15) is 44.9 Å². The van der Waals surface area contributed by atoms with Crippen molar-refractivity contribution < 1.29 is 4.79 Å². The van der Waals surface area contributed by atoms with E-state index in [1.54, 1.807) is 0 Å². The van der Waals surface area contributed by atoms with Crippen LogP contribution in [0.3, 0.4) is 0 Å². The maximum Gasteiger partial charge on any atom is 0.330 e. The average Bonchev–Trinajstić information content (AvgIpc) is 3.11. The molecule has 0 unspecified atom stereocenters. The van der Waals surface area contributed by atoms with Gasteiger partial charge in [0.2, 0.25) is 5.91 Å². The van der Waals surface area contributed by atoms with Gasteiger partial charge in [-0.1, -0.05) is 33.3 Å². The molecule has 0 aliphatic rings. The summed E-state index contributed by atoms with van der Waals surface area (Å²) >= 11 is 0. The minimum Gasteiger partial charge on any atom is -0.383 e. The van der Waals surface area contributed by atoms with Crippen LogP contribution in [0.4, 0.5) is 11.5 Å². The molecule has 0 aliphatic heterocycles. The molecule has 3 N–H and O–H groups in total. The van der Waals surface area contributed by atoms with Crippen molar-refractivity contribution in [1.29, 1.82) is 0 Å². The Morgan fingerprint density at radius 2 is 2.06 bits per heavy atom. The van der Waals surface area contributed by atoms with Gasteiger partial charge in [0.25, 0.3) is 5.56 Å². The van der Waals surface area contributed by atoms with E-state index in [4.69, 9.17) is 5.73 Å². The number of nitrogen functional groups attached to an aromatic ring is 1. The maximum atomic E-state index is 13.3. The van der Waals surface area contributed by atoms with Gasteiger partial charge in [-0.3, -0.25) is 19.1 Å². The summed E-state index contributed by atoms with van der Waals surface area (Å²) in [4.78, 5) is 46.5. The molecule has 0 saturated heterocycles. The van der Waals surface area contributed by atoms with Crippen molar-refractivity contribution >= 4 is 23.1 Å². The van der Waals surface area contributed by atoms with Gasteiger partial charge >= 0.3 is 5.69 Å². The number of hydrogen-bond acceptors (Lipinski definition) is 5. The first-order valence-corrected chi connectivity index (χ1v) is 10.6. The highest BCUT2D eigenvalue weighted by Crippen LogP contribution is 2.20. The predicted octanol–water partition coefficient (Wildman–Crippen LogP) is 2.11. The van der Waals surface area contributed by atoms with E-state index in [1.807, 2.05) is 56.6 Å². The van der Waals surface area contributed by atoms with Gasteiger partial charge < -0.3 is 15.0 Å². The molecule has 31 heavy (non-hydrogen) atoms. The summed E-state index contributed by atoms with van der Waals surface area (Å²) in [7, 11) is 0. The quantitative estimate of drug-likeness (QED) is 0.572. The molecule has 3 aromatic rings. The number of pyridine rings is 1. The number of unbranched alkanes of at least 4 members (excludes halogenated alkanes) is 1. The molecule has 0 spiro atoms. The molecular weight excluding hydrogens is 396 g/mol. The first kappa shape index (κ1) is 22.3. The molecule has 0 fully saturated rings. The van der Waals surface area contributed by atoms with Crippen LogP contribution < -0.4 is 21.9 Å². The molecule has 0 bridgehead atoms. The minimum absolute atomic E-state index is 0.0118. The van der Waals surface area contributed by atoms with Crippen molar-refractivity contribution in [3.05, 3.63) is 56.6 Å². The van der Waals surface area contributed by atoms with Gasteiger partial charge in [-0.25, -0.2) is 9.78 Å². The Hall–Kier alpha value is -3.36. The number of aromatic nitrogens is 4. The number of nitrogens with one attached hydrogen (secondary N) is 1. The number of aryl methyl sites for hydroxylation is 1. The third-order valence-corrected chi connectivity index (χ3v) is 5.13. The normalized spacial score (nSPS) is 11.4. The molecule has 0 saturated carbocycles. The fraction of sp³-hybridized carbons (Fsp3) is 0.455. The molecule has 166 valence electrons. The Balaban J connectivity index is 2.01. The summed E-state index contributed by atoms with van der Waals surface area (Å²) in [5.74, 6) is -0.140. The van der Waals surface area contributed by atoms with E-state index in [0.717, 1.165) is 17.6 Å². The van der Waals surface area contributed by atoms with E-state index in [0.29, 0.717) is 25.2 Å². The molecule has 0 aromatic carbocycles. The topological polar surface area (TPSA) is 118 Å². The molecule has 9 nitrogen and oxygen atoms in total. The number of carbonyl (C=O) groups is 1. The fourth-order valence-electron chi connectivity index (χ4n) is 3.60. The number of rotatable bonds is 8. The van der Waals surface area contributed by atoms with E-state index in [9.17, 15) is 14.4 Å². The number of nitrogens with two attached hydrogens (primary N) is 1. The van der Waals surface area contributed by atoms with Crippen LogP contribution in [0.25, 0.3) is 5.65 Å². The highest BCUT2D eigenvalue weighted by Gasteiger charge is 2.25. The highest BCUT2D eigenvalue weighted by atomic mass is 16.2. The van der Waals surface area contributed by atoms with Crippen molar-refractivity contribution in [1.82, 2.24) is 18.9 Å². The number of imidazole rings is 1. The van der Waals surface area contributed by atoms with Gasteiger partial charge in [0.1, 0.15) is 11.5 Å². The van der Waals surface area contributed by atoms with Crippen molar-refractivity contribution in [2.75, 3.05) is 17.2 Å². The molecule has 0 aliphatic carbocycles. The highest BCUT2D eigenvalue weighted by molar-refractivity contribution is 5.96. The van der Waals surface area contributed by atoms with E-state index in [1.165, 1.54) is 9.47 Å². The predicted molar refractivity (Wildman–Crippen MR) is 121 cm³/mol. The van der Waals surface area contributed by atoms with E-state index in [-0.39, 0.29) is 29.8 Å². The number of carbonyl (C=O) groups excluding carboxylic acids is 1. The Morgan fingerprint density at radius 1 is 1.32 bits per heavy atom. The first-order valence-electron chi connectivity index (χ1n) is 10.6. The summed E-state index contributed by atoms with van der Waals surface area (Å²) in [5, 5.41) is 0. The second-order valence-corrected chi connectivity index (χ2v) is 8.23. The van der Waals surface area contributed by atoms with Gasteiger partial charge in [0, 0.05) is 25.5 Å². The SMILES string of the molecule is CCCCN(C(=O)Cc1cn2cccc(C)c2n1)c1c(N)n(CC(C)C)c(=O)[nH]c1=O. The Bertz CT molecular complexity index is 1200. The minimum atomic E-state index is -0.655. The molecule has 0 atom stereocenters. The van der Waals surface area contributed by atoms with Crippen LogP contribution in [-0.2, 0) is 17.8 Å². The number of nitrogens with zero attached hydrogens (tertiary/aromatic N) is 4. The number of aromatic amines is 1. The van der Waals surface area contributed by atoms with Gasteiger partial charge in [-0.2, -0.15) is 0 Å². The van der Waals surface area contributed by atoms with Crippen molar-refractivity contribution in [2.24, 2.45) is 5.92 Å². The third kappa shape index (κ3) is 4.70. The van der Waals surface area contributed by atoms with Gasteiger partial charge in [0.15, 0.2) is 5.69 Å². The largest absolute Gasteiger partial charge is 0.383 e. The van der Waals surface area contributed by atoms with Crippen LogP contribution >= 0.6 is 0 Å². The summed E-state index contributed by atoms with van der Waals surface area (Å²) in [6.45, 7) is 8.52. The molecule has 9 heteroatoms. The average molecular weight is 427 g/mol. The third-order valence-electron chi connectivity index (χ3n) is 5.13. The number of anilines is 2. The Morgan fingerprint density at radius 3 is 2.71 bits per heavy atom. The lowest BCUT2D eigenvalue weighted by molar-refractivity contribution is -0.118. The van der Waals surface area contributed by atoms with Gasteiger partial charge in [-0.05, 0) is 30.9 Å². The van der Waals surface area contributed by atoms with Crippen molar-refractivity contribution in [3.8, 4) is 0 Å². The monoisotopic (exact) mass is 426 g/mol. The lowest BCUT2D eigenvalue weighted by Crippen LogP contribution is -2.42. The lowest BCUT2D eigenvalue weighted by atomic mass is 10.2. The Labute approximate surface area is 180 Å². The van der Waals surface area contributed by atoms with Gasteiger partial charge in [-0.15, -0.1) is 0 Å². The molecule has 3 rings (SSSR count). The van der Waals surface area contributed by atoms with Crippen LogP contribution in [0.15, 0.2) is 34.1 Å². The zero-order valence-electron chi connectivity index (χ0n) is 18.5. The second-order valence-electron chi connectivity index (χ2n) is 8.23. The summed E-state index contributed by atoms with van der Waals surface area (Å²) in [6.07, 6.45) is 5.24. The standard InChI is InChI=1S/C22H30N6O3/c1-5-6-10-27(18-19(23)28(12-14(2)3)22(31)25-21(18)30)17(29)11-16-13-26-9-7-8-15(4)20(26)24-16/h7-9,13-14H,5-6,10-12,23H2,1-4H3,(H,25,30,31). The first-order chi connectivity index (χ1) is 14.7. The molecule has 3 heterocycles. The summed E-state index contributed by atoms with van der Waals surface area (Å²) in [5.41, 5.74) is 7.44.